The van der Waals surface area contributed by atoms with Crippen LogP contribution in [0.3, 0.4) is 0 Å². The first kappa shape index (κ1) is 27.3. The van der Waals surface area contributed by atoms with Crippen LogP contribution >= 0.6 is 0 Å². The lowest BCUT2D eigenvalue weighted by atomic mass is 9.83. The number of rotatable bonds is 3. The van der Waals surface area contributed by atoms with Gasteiger partial charge in [0.25, 0.3) is 0 Å². The summed E-state index contributed by atoms with van der Waals surface area (Å²) in [4.78, 5) is 0. The Morgan fingerprint density at radius 2 is 0.840 bits per heavy atom. The van der Waals surface area contributed by atoms with E-state index in [1.54, 1.807) is 0 Å². The molecule has 11 aromatic rings. The summed E-state index contributed by atoms with van der Waals surface area (Å²) in [6, 6.07) is 60.9. The van der Waals surface area contributed by atoms with Crippen LogP contribution in [-0.4, -0.2) is 0 Å². The average Bonchev–Trinajstić information content (AvgIpc) is 3.79. The molecule has 0 saturated carbocycles. The molecule has 2 aromatic heterocycles. The van der Waals surface area contributed by atoms with Crippen LogP contribution in [-0.2, 0) is 0 Å². The van der Waals surface area contributed by atoms with Gasteiger partial charge in [-0.3, -0.25) is 0 Å². The van der Waals surface area contributed by atoms with Gasteiger partial charge in [0, 0.05) is 21.7 Å². The molecule has 50 heavy (non-hydrogen) atoms. The molecule has 0 N–H and O–H groups in total. The Labute approximate surface area is 287 Å². The van der Waals surface area contributed by atoms with E-state index in [1.165, 1.54) is 59.8 Å². The molecule has 0 aliphatic carbocycles. The fourth-order valence-electron chi connectivity index (χ4n) is 8.30. The third kappa shape index (κ3) is 3.85. The van der Waals surface area contributed by atoms with E-state index >= 15 is 0 Å². The molecule has 0 aliphatic heterocycles. The van der Waals surface area contributed by atoms with Gasteiger partial charge < -0.3 is 8.83 Å². The molecule has 0 spiro atoms. The highest BCUT2D eigenvalue weighted by molar-refractivity contribution is 6.30. The second-order valence-electron chi connectivity index (χ2n) is 13.2. The molecule has 0 saturated heterocycles. The summed E-state index contributed by atoms with van der Waals surface area (Å²) in [7, 11) is 0. The Bertz CT molecular complexity index is 3080. The fraction of sp³-hybridized carbons (Fsp3) is 0. The standard InChI is InChI=1S/C48H28O2/c1-2-14-29(15-3-1)43-28-31-27-41(46-39-24-12-13-25-42(39)49-48(46)47(31)50-43)45-37-22-10-8-20-35(37)44(36-21-9-11-23-38(36)45)40-26-30-16-4-5-17-32(30)33-18-6-7-19-34(33)40/h1-28H. The molecule has 11 rings (SSSR count). The minimum absolute atomic E-state index is 0.770. The quantitative estimate of drug-likeness (QED) is 0.142. The van der Waals surface area contributed by atoms with Crippen molar-refractivity contribution in [2.45, 2.75) is 0 Å². The van der Waals surface area contributed by atoms with Crippen LogP contribution in [0.4, 0.5) is 0 Å². The molecule has 0 atom stereocenters. The Hall–Kier alpha value is -6.64. The topological polar surface area (TPSA) is 26.3 Å². The maximum Gasteiger partial charge on any atom is 0.179 e. The molecule has 0 radical (unpaired) electrons. The molecule has 0 bridgehead atoms. The summed E-state index contributed by atoms with van der Waals surface area (Å²) < 4.78 is 13.3. The van der Waals surface area contributed by atoms with Crippen LogP contribution in [0, 0.1) is 0 Å². The minimum atomic E-state index is 0.770. The molecule has 232 valence electrons. The van der Waals surface area contributed by atoms with E-state index in [9.17, 15) is 0 Å². The highest BCUT2D eigenvalue weighted by Gasteiger charge is 2.24. The van der Waals surface area contributed by atoms with Gasteiger partial charge in [-0.2, -0.15) is 0 Å². The number of hydrogen-bond acceptors (Lipinski definition) is 2. The average molecular weight is 637 g/mol. The van der Waals surface area contributed by atoms with Gasteiger partial charge in [-0.05, 0) is 89.6 Å². The molecule has 2 heterocycles. The van der Waals surface area contributed by atoms with Gasteiger partial charge >= 0.3 is 0 Å². The summed E-state index contributed by atoms with van der Waals surface area (Å²) >= 11 is 0. The van der Waals surface area contributed by atoms with E-state index in [0.29, 0.717) is 0 Å². The SMILES string of the molecule is c1ccc(-c2cc3cc(-c4c5ccccc5c(-c5cc6ccccc6c6ccccc56)c5ccccc45)c4c5ccccc5oc4c3o2)cc1. The van der Waals surface area contributed by atoms with Gasteiger partial charge in [-0.15, -0.1) is 0 Å². The van der Waals surface area contributed by atoms with Crippen LogP contribution in [0.2, 0.25) is 0 Å². The van der Waals surface area contributed by atoms with Crippen molar-refractivity contribution in [1.82, 2.24) is 0 Å². The summed E-state index contributed by atoms with van der Waals surface area (Å²) in [6.07, 6.45) is 0. The van der Waals surface area contributed by atoms with Crippen LogP contribution in [0.1, 0.15) is 0 Å². The van der Waals surface area contributed by atoms with Crippen LogP contribution in [0.15, 0.2) is 179 Å². The normalized spacial score (nSPS) is 12.0. The first-order valence-electron chi connectivity index (χ1n) is 17.1. The third-order valence-electron chi connectivity index (χ3n) is 10.4. The van der Waals surface area contributed by atoms with E-state index in [2.05, 4.69) is 146 Å². The monoisotopic (exact) mass is 636 g/mol. The first-order chi connectivity index (χ1) is 24.8. The van der Waals surface area contributed by atoms with E-state index in [1.807, 2.05) is 24.3 Å². The van der Waals surface area contributed by atoms with E-state index in [4.69, 9.17) is 8.83 Å². The van der Waals surface area contributed by atoms with Gasteiger partial charge in [0.2, 0.25) is 0 Å². The number of benzene rings is 9. The number of para-hydroxylation sites is 1. The van der Waals surface area contributed by atoms with Gasteiger partial charge in [-0.1, -0.05) is 146 Å². The smallest absolute Gasteiger partial charge is 0.179 e. The summed E-state index contributed by atoms with van der Waals surface area (Å²) in [5.74, 6) is 0.827. The second kappa shape index (κ2) is 10.4. The number of furan rings is 2. The van der Waals surface area contributed by atoms with E-state index in [-0.39, 0.29) is 0 Å². The van der Waals surface area contributed by atoms with Gasteiger partial charge in [0.1, 0.15) is 11.3 Å². The molecule has 0 fully saturated rings. The van der Waals surface area contributed by atoms with Crippen molar-refractivity contribution in [2.75, 3.05) is 0 Å². The zero-order valence-electron chi connectivity index (χ0n) is 27.0. The van der Waals surface area contributed by atoms with Crippen molar-refractivity contribution in [3.05, 3.63) is 170 Å². The molecule has 0 unspecified atom stereocenters. The first-order valence-corrected chi connectivity index (χ1v) is 17.1. The molecule has 0 aliphatic rings. The van der Waals surface area contributed by atoms with Crippen molar-refractivity contribution in [2.24, 2.45) is 0 Å². The Morgan fingerprint density at radius 1 is 0.320 bits per heavy atom. The van der Waals surface area contributed by atoms with Crippen molar-refractivity contribution in [3.63, 3.8) is 0 Å². The predicted octanol–water partition coefficient (Wildman–Crippen LogP) is 13.9. The van der Waals surface area contributed by atoms with Crippen molar-refractivity contribution < 1.29 is 8.83 Å². The lowest BCUT2D eigenvalue weighted by Crippen LogP contribution is -1.92. The molecule has 9 aromatic carbocycles. The van der Waals surface area contributed by atoms with Crippen molar-refractivity contribution in [3.8, 4) is 33.6 Å². The molecule has 2 heteroatoms. The van der Waals surface area contributed by atoms with Crippen LogP contribution in [0.25, 0.3) is 110 Å². The third-order valence-corrected chi connectivity index (χ3v) is 10.4. The second-order valence-corrected chi connectivity index (χ2v) is 13.2. The van der Waals surface area contributed by atoms with Gasteiger partial charge in [0.05, 0.1) is 0 Å². The number of hydrogen-bond donors (Lipinski definition) is 0. The largest absolute Gasteiger partial charge is 0.452 e. The van der Waals surface area contributed by atoms with E-state index in [0.717, 1.165) is 49.8 Å². The summed E-state index contributed by atoms with van der Waals surface area (Å²) in [5.41, 5.74) is 8.27. The minimum Gasteiger partial charge on any atom is -0.452 e. The Morgan fingerprint density at radius 3 is 1.54 bits per heavy atom. The van der Waals surface area contributed by atoms with E-state index < -0.39 is 0 Å². The highest BCUT2D eigenvalue weighted by Crippen LogP contribution is 2.50. The lowest BCUT2D eigenvalue weighted by Gasteiger charge is -2.20. The lowest BCUT2D eigenvalue weighted by molar-refractivity contribution is 0.611. The fourth-order valence-corrected chi connectivity index (χ4v) is 8.30. The maximum atomic E-state index is 6.69. The highest BCUT2D eigenvalue weighted by atomic mass is 16.4. The van der Waals surface area contributed by atoms with Crippen molar-refractivity contribution in [1.29, 1.82) is 0 Å². The Kier molecular flexibility index (Phi) is 5.70. The molecule has 0 amide bonds. The van der Waals surface area contributed by atoms with Crippen LogP contribution in [0.5, 0.6) is 0 Å². The zero-order chi connectivity index (χ0) is 32.8. The molecule has 2 nitrogen and oxygen atoms in total. The van der Waals surface area contributed by atoms with Crippen LogP contribution < -0.4 is 0 Å². The Balaban J connectivity index is 1.31. The van der Waals surface area contributed by atoms with Gasteiger partial charge in [-0.25, -0.2) is 0 Å². The summed E-state index contributed by atoms with van der Waals surface area (Å²) in [6.45, 7) is 0. The van der Waals surface area contributed by atoms with Crippen molar-refractivity contribution >= 4 is 76.0 Å². The predicted molar refractivity (Wildman–Crippen MR) is 210 cm³/mol. The van der Waals surface area contributed by atoms with Gasteiger partial charge in [0.15, 0.2) is 11.2 Å². The maximum absolute atomic E-state index is 6.69. The molecular formula is C48H28O2. The molecular weight excluding hydrogens is 609 g/mol. The summed E-state index contributed by atoms with van der Waals surface area (Å²) in [5, 5.41) is 13.1. The number of fused-ring (bicyclic) bond motifs is 10. The zero-order valence-corrected chi connectivity index (χ0v) is 27.0.